The van der Waals surface area contributed by atoms with E-state index in [2.05, 4.69) is 31.7 Å². The molecule has 0 aliphatic carbocycles. The number of hydrogen-bond acceptors (Lipinski definition) is 4. The summed E-state index contributed by atoms with van der Waals surface area (Å²) >= 11 is 0. The van der Waals surface area contributed by atoms with E-state index in [-0.39, 0.29) is 5.97 Å². The third kappa shape index (κ3) is 16.4. The molecule has 0 aromatic heterocycles. The normalized spacial score (nSPS) is 9.25. The summed E-state index contributed by atoms with van der Waals surface area (Å²) in [5, 5.41) is 0. The van der Waals surface area contributed by atoms with Gasteiger partial charge >= 0.3 is 11.9 Å². The van der Waals surface area contributed by atoms with Crippen molar-refractivity contribution in [2.24, 2.45) is 5.92 Å². The fraction of sp³-hybridized carbons (Fsp3) is 0.625. The number of esters is 2. The van der Waals surface area contributed by atoms with Crippen molar-refractivity contribution in [3.63, 3.8) is 0 Å². The van der Waals surface area contributed by atoms with Crippen molar-refractivity contribution in [3.8, 4) is 0 Å². The first kappa shape index (κ1) is 20.7. The number of carbonyl (C=O) groups excluding carboxylic acids is 2. The minimum absolute atomic E-state index is 0.270. The Balaban J connectivity index is 0. The Labute approximate surface area is 122 Å². The molecule has 0 bridgehead atoms. The number of carbonyl (C=O) groups is 2. The Morgan fingerprint density at radius 1 is 1.20 bits per heavy atom. The Bertz CT molecular complexity index is 306. The molecule has 0 atom stereocenters. The highest BCUT2D eigenvalue weighted by Crippen LogP contribution is 2.08. The number of hydrogen-bond donors (Lipinski definition) is 0. The molecule has 0 spiro atoms. The zero-order chi connectivity index (χ0) is 16.0. The molecular weight excluding hydrogens is 256 g/mol. The summed E-state index contributed by atoms with van der Waals surface area (Å²) in [6, 6.07) is 0. The third-order valence-electron chi connectivity index (χ3n) is 2.38. The van der Waals surface area contributed by atoms with Crippen molar-refractivity contribution in [1.29, 1.82) is 0 Å². The van der Waals surface area contributed by atoms with Gasteiger partial charge in [0.1, 0.15) is 0 Å². The Hall–Kier alpha value is -1.58. The van der Waals surface area contributed by atoms with E-state index >= 15 is 0 Å². The Kier molecular flexibility index (Phi) is 14.3. The summed E-state index contributed by atoms with van der Waals surface area (Å²) in [7, 11) is 1.31. The van der Waals surface area contributed by atoms with Crippen LogP contribution in [0.1, 0.15) is 46.5 Å². The topological polar surface area (TPSA) is 52.6 Å². The average Bonchev–Trinajstić information content (AvgIpc) is 2.41. The lowest BCUT2D eigenvalue weighted by molar-refractivity contribution is -0.139. The van der Waals surface area contributed by atoms with Gasteiger partial charge in [-0.1, -0.05) is 46.3 Å². The molecule has 4 heteroatoms. The molecule has 0 heterocycles. The molecule has 0 amide bonds. The molecule has 0 rings (SSSR count). The molecule has 0 unspecified atom stereocenters. The number of methoxy groups -OCH3 is 1. The van der Waals surface area contributed by atoms with E-state index in [0.29, 0.717) is 12.2 Å². The lowest BCUT2D eigenvalue weighted by Crippen LogP contribution is -2.06. The van der Waals surface area contributed by atoms with Crippen LogP contribution in [0.2, 0.25) is 0 Å². The van der Waals surface area contributed by atoms with Crippen molar-refractivity contribution < 1.29 is 19.1 Å². The number of ether oxygens (including phenoxy) is 2. The fourth-order valence-corrected chi connectivity index (χ4v) is 1.20. The van der Waals surface area contributed by atoms with Gasteiger partial charge in [-0.2, -0.15) is 0 Å². The Morgan fingerprint density at radius 2 is 1.80 bits per heavy atom. The summed E-state index contributed by atoms with van der Waals surface area (Å²) in [6.45, 7) is 13.3. The second kappa shape index (κ2) is 13.8. The smallest absolute Gasteiger partial charge is 0.333 e. The summed E-state index contributed by atoms with van der Waals surface area (Å²) in [4.78, 5) is 20.8. The summed E-state index contributed by atoms with van der Waals surface area (Å²) in [5.41, 5.74) is 0.479. The van der Waals surface area contributed by atoms with Crippen molar-refractivity contribution >= 4 is 11.9 Å². The van der Waals surface area contributed by atoms with Gasteiger partial charge in [-0.25, -0.2) is 9.59 Å². The molecule has 4 nitrogen and oxygen atoms in total. The maximum absolute atomic E-state index is 11.0. The van der Waals surface area contributed by atoms with Crippen molar-refractivity contribution in [3.05, 3.63) is 24.8 Å². The molecule has 0 aromatic rings. The minimum atomic E-state index is -0.394. The minimum Gasteiger partial charge on any atom is -0.466 e. The lowest BCUT2D eigenvalue weighted by atomic mass is 10.1. The van der Waals surface area contributed by atoms with Gasteiger partial charge in [0.25, 0.3) is 0 Å². The van der Waals surface area contributed by atoms with Gasteiger partial charge in [0.05, 0.1) is 13.7 Å². The molecule has 0 saturated carbocycles. The molecular formula is C16H28O4. The maximum Gasteiger partial charge on any atom is 0.333 e. The van der Waals surface area contributed by atoms with E-state index in [0.717, 1.165) is 24.8 Å². The zero-order valence-electron chi connectivity index (χ0n) is 13.2. The van der Waals surface area contributed by atoms with Crippen LogP contribution in [0, 0.1) is 5.92 Å². The van der Waals surface area contributed by atoms with Crippen LogP contribution in [0.4, 0.5) is 0 Å². The highest BCUT2D eigenvalue weighted by atomic mass is 16.5. The Morgan fingerprint density at radius 3 is 2.15 bits per heavy atom. The highest BCUT2D eigenvalue weighted by molar-refractivity contribution is 5.86. The second-order valence-electron chi connectivity index (χ2n) is 4.89. The van der Waals surface area contributed by atoms with E-state index in [1.807, 2.05) is 0 Å². The van der Waals surface area contributed by atoms with Crippen LogP contribution in [-0.4, -0.2) is 25.7 Å². The summed E-state index contributed by atoms with van der Waals surface area (Å²) in [6.07, 6.45) is 5.70. The SMILES string of the molecule is C=C(C)C(=O)OCCCCCC(C)C.C=CC(=O)OC. The highest BCUT2D eigenvalue weighted by Gasteiger charge is 2.01. The number of unbranched alkanes of at least 4 members (excludes halogenated alkanes) is 2. The van der Waals surface area contributed by atoms with Crippen LogP contribution in [-0.2, 0) is 19.1 Å². The van der Waals surface area contributed by atoms with E-state index < -0.39 is 5.97 Å². The van der Waals surface area contributed by atoms with Crippen LogP contribution in [0.3, 0.4) is 0 Å². The van der Waals surface area contributed by atoms with Gasteiger partial charge in [-0.3, -0.25) is 0 Å². The zero-order valence-corrected chi connectivity index (χ0v) is 13.2. The first-order valence-corrected chi connectivity index (χ1v) is 6.88. The molecule has 0 radical (unpaired) electrons. The molecule has 0 aliphatic heterocycles. The van der Waals surface area contributed by atoms with Gasteiger partial charge < -0.3 is 9.47 Å². The van der Waals surface area contributed by atoms with E-state index in [9.17, 15) is 9.59 Å². The van der Waals surface area contributed by atoms with Crippen LogP contribution in [0.15, 0.2) is 24.8 Å². The van der Waals surface area contributed by atoms with Crippen molar-refractivity contribution in [1.82, 2.24) is 0 Å². The van der Waals surface area contributed by atoms with Gasteiger partial charge in [-0.15, -0.1) is 0 Å². The van der Waals surface area contributed by atoms with Crippen molar-refractivity contribution in [2.75, 3.05) is 13.7 Å². The molecule has 20 heavy (non-hydrogen) atoms. The van der Waals surface area contributed by atoms with Gasteiger partial charge in [0.2, 0.25) is 0 Å². The summed E-state index contributed by atoms with van der Waals surface area (Å²) < 4.78 is 9.11. The van der Waals surface area contributed by atoms with Crippen molar-refractivity contribution in [2.45, 2.75) is 46.5 Å². The molecule has 0 aromatic carbocycles. The van der Waals surface area contributed by atoms with E-state index in [1.54, 1.807) is 6.92 Å². The maximum atomic E-state index is 11.0. The van der Waals surface area contributed by atoms with Gasteiger partial charge in [0, 0.05) is 11.6 Å². The van der Waals surface area contributed by atoms with Crippen LogP contribution >= 0.6 is 0 Å². The van der Waals surface area contributed by atoms with Gasteiger partial charge in [-0.05, 0) is 19.3 Å². The monoisotopic (exact) mass is 284 g/mol. The first-order valence-electron chi connectivity index (χ1n) is 6.88. The van der Waals surface area contributed by atoms with Crippen LogP contribution in [0.5, 0.6) is 0 Å². The van der Waals surface area contributed by atoms with Gasteiger partial charge in [0.15, 0.2) is 0 Å². The lowest BCUT2D eigenvalue weighted by Gasteiger charge is -2.05. The predicted octanol–water partition coefficient (Wildman–Crippen LogP) is 3.67. The van der Waals surface area contributed by atoms with Crippen LogP contribution < -0.4 is 0 Å². The molecule has 0 saturated heterocycles. The largest absolute Gasteiger partial charge is 0.466 e. The quantitative estimate of drug-likeness (QED) is 0.388. The molecule has 0 N–H and O–H groups in total. The summed E-state index contributed by atoms with van der Waals surface area (Å²) in [5.74, 6) is 0.108. The fourth-order valence-electron chi connectivity index (χ4n) is 1.20. The third-order valence-corrected chi connectivity index (χ3v) is 2.38. The first-order chi connectivity index (χ1) is 9.34. The van der Waals surface area contributed by atoms with E-state index in [1.165, 1.54) is 20.0 Å². The molecule has 0 fully saturated rings. The molecule has 0 aliphatic rings. The van der Waals surface area contributed by atoms with Crippen LogP contribution in [0.25, 0.3) is 0 Å². The standard InChI is InChI=1S/C12H22O2.C4H6O2/c1-10(2)8-6-5-7-9-14-12(13)11(3)4;1-3-4(5)6-2/h10H,3,5-9H2,1-2,4H3;3H,1H2,2H3. The molecule has 116 valence electrons. The van der Waals surface area contributed by atoms with E-state index in [4.69, 9.17) is 4.74 Å². The number of rotatable bonds is 8. The second-order valence-corrected chi connectivity index (χ2v) is 4.89. The average molecular weight is 284 g/mol. The predicted molar refractivity (Wildman–Crippen MR) is 81.3 cm³/mol.